The van der Waals surface area contributed by atoms with Crippen molar-refractivity contribution in [3.63, 3.8) is 0 Å². The van der Waals surface area contributed by atoms with Gasteiger partial charge in [-0.05, 0) is 60.3 Å². The minimum absolute atomic E-state index is 0.0251. The number of carbonyl (C=O) groups is 1. The minimum atomic E-state index is -3.75. The van der Waals surface area contributed by atoms with Crippen molar-refractivity contribution in [1.29, 1.82) is 0 Å². The second-order valence-electron chi connectivity index (χ2n) is 11.5. The predicted molar refractivity (Wildman–Crippen MR) is 175 cm³/mol. The third kappa shape index (κ3) is 7.68. The molecule has 5 rings (SSSR count). The van der Waals surface area contributed by atoms with Crippen LogP contribution in [0, 0.1) is 5.92 Å². The van der Waals surface area contributed by atoms with Crippen LogP contribution in [0.2, 0.25) is 0 Å². The molecule has 0 saturated carbocycles. The van der Waals surface area contributed by atoms with Crippen molar-refractivity contribution in [2.45, 2.75) is 43.2 Å². The van der Waals surface area contributed by atoms with E-state index >= 15 is 0 Å². The molecule has 2 N–H and O–H groups in total. The maximum absolute atomic E-state index is 13.5. The Bertz CT molecular complexity index is 1640. The van der Waals surface area contributed by atoms with Crippen LogP contribution in [0.1, 0.15) is 25.0 Å². The van der Waals surface area contributed by atoms with Gasteiger partial charge in [-0.3, -0.25) is 14.4 Å². The molecule has 3 atom stereocenters. The predicted octanol–water partition coefficient (Wildman–Crippen LogP) is 5.50. The second kappa shape index (κ2) is 13.9. The number of hydrogen-bond donors (Lipinski definition) is 2. The zero-order chi connectivity index (χ0) is 31.3. The number of nitrogens with one attached hydrogen (secondary N) is 1. The van der Waals surface area contributed by atoms with E-state index in [-0.39, 0.29) is 41.2 Å². The van der Waals surface area contributed by atoms with Crippen LogP contribution in [0.25, 0.3) is 11.1 Å². The van der Waals surface area contributed by atoms with Gasteiger partial charge in [-0.2, -0.15) is 0 Å². The van der Waals surface area contributed by atoms with Crippen LogP contribution in [0.5, 0.6) is 5.75 Å². The molecule has 1 aliphatic rings. The fourth-order valence-corrected chi connectivity index (χ4v) is 7.49. The van der Waals surface area contributed by atoms with Crippen LogP contribution in [0.4, 0.5) is 5.69 Å². The first kappa shape index (κ1) is 31.7. The number of fused-ring (bicyclic) bond motifs is 1. The number of amides is 1. The second-order valence-corrected chi connectivity index (χ2v) is 14.4. The van der Waals surface area contributed by atoms with Gasteiger partial charge in [0, 0.05) is 36.8 Å². The normalized spacial score (nSPS) is 18.1. The number of carbonyl (C=O) groups excluding carboxylic acids is 1. The number of thiophene rings is 1. The first-order valence-electron chi connectivity index (χ1n) is 14.7. The standard InChI is InChI=1S/C34H39N3O5S2/c1-24-20-37(25(2)23-38)33(39)19-29-18-30(35-44(40,41)34-10-7-17-43-34)15-16-31(29)42-32(24)22-36(3)21-26-11-13-28(14-12-26)27-8-5-4-6-9-27/h4-18,24-25,32,35,38H,19-23H2,1-3H3/t24-,25+,32-/m0/s1. The molecule has 0 aliphatic carbocycles. The molecule has 10 heteroatoms. The van der Waals surface area contributed by atoms with Gasteiger partial charge in [0.1, 0.15) is 16.1 Å². The van der Waals surface area contributed by atoms with Crippen LogP contribution < -0.4 is 9.46 Å². The third-order valence-corrected chi connectivity index (χ3v) is 10.7. The maximum Gasteiger partial charge on any atom is 0.271 e. The number of benzene rings is 3. The van der Waals surface area contributed by atoms with Crippen molar-refractivity contribution >= 4 is 33.0 Å². The number of sulfonamides is 1. The van der Waals surface area contributed by atoms with Crippen molar-refractivity contribution in [2.75, 3.05) is 31.5 Å². The van der Waals surface area contributed by atoms with E-state index in [1.54, 1.807) is 40.6 Å². The summed E-state index contributed by atoms with van der Waals surface area (Å²) in [4.78, 5) is 17.4. The molecule has 0 fully saturated rings. The lowest BCUT2D eigenvalue weighted by Gasteiger charge is -2.34. The largest absolute Gasteiger partial charge is 0.488 e. The maximum atomic E-state index is 13.5. The molecule has 1 amide bonds. The first-order valence-corrected chi connectivity index (χ1v) is 17.1. The third-order valence-electron chi connectivity index (χ3n) is 7.93. The molecule has 3 aromatic carbocycles. The summed E-state index contributed by atoms with van der Waals surface area (Å²) in [6.07, 6.45) is -0.243. The zero-order valence-corrected chi connectivity index (χ0v) is 26.9. The molecular formula is C34H39N3O5S2. The van der Waals surface area contributed by atoms with Gasteiger partial charge in [0.15, 0.2) is 0 Å². The highest BCUT2D eigenvalue weighted by Gasteiger charge is 2.31. The van der Waals surface area contributed by atoms with E-state index in [0.29, 0.717) is 36.6 Å². The molecule has 8 nitrogen and oxygen atoms in total. The summed E-state index contributed by atoms with van der Waals surface area (Å²) in [5, 5.41) is 11.6. The van der Waals surface area contributed by atoms with Crippen molar-refractivity contribution < 1.29 is 23.1 Å². The minimum Gasteiger partial charge on any atom is -0.488 e. The molecule has 0 unspecified atom stereocenters. The van der Waals surface area contributed by atoms with E-state index in [2.05, 4.69) is 60.0 Å². The lowest BCUT2D eigenvalue weighted by Crippen LogP contribution is -2.47. The van der Waals surface area contributed by atoms with E-state index in [0.717, 1.165) is 11.3 Å². The Balaban J connectivity index is 1.37. The van der Waals surface area contributed by atoms with E-state index in [1.807, 2.05) is 25.1 Å². The lowest BCUT2D eigenvalue weighted by atomic mass is 10.0. The summed E-state index contributed by atoms with van der Waals surface area (Å²) in [6, 6.07) is 26.8. The highest BCUT2D eigenvalue weighted by molar-refractivity contribution is 7.94. The smallest absolute Gasteiger partial charge is 0.271 e. The van der Waals surface area contributed by atoms with Crippen molar-refractivity contribution in [3.05, 3.63) is 101 Å². The number of ether oxygens (including phenoxy) is 1. The number of nitrogens with zero attached hydrogens (tertiary/aromatic N) is 2. The topological polar surface area (TPSA) is 99.2 Å². The van der Waals surface area contributed by atoms with E-state index in [1.165, 1.54) is 16.7 Å². The van der Waals surface area contributed by atoms with Crippen LogP contribution in [0.3, 0.4) is 0 Å². The number of likely N-dealkylation sites (N-methyl/N-ethyl adjacent to an activating group) is 1. The number of rotatable bonds is 10. The van der Waals surface area contributed by atoms with Gasteiger partial charge in [-0.1, -0.05) is 67.6 Å². The van der Waals surface area contributed by atoms with Crippen LogP contribution in [-0.4, -0.2) is 68.1 Å². The summed E-state index contributed by atoms with van der Waals surface area (Å²) in [5.74, 6) is 0.362. The highest BCUT2D eigenvalue weighted by atomic mass is 32.2. The molecule has 1 aliphatic heterocycles. The van der Waals surface area contributed by atoms with E-state index in [4.69, 9.17) is 4.74 Å². The molecule has 44 heavy (non-hydrogen) atoms. The Morgan fingerprint density at radius 3 is 2.45 bits per heavy atom. The Kier molecular flexibility index (Phi) is 10.1. The molecule has 0 radical (unpaired) electrons. The van der Waals surface area contributed by atoms with Crippen molar-refractivity contribution in [1.82, 2.24) is 9.80 Å². The van der Waals surface area contributed by atoms with E-state index < -0.39 is 10.0 Å². The molecule has 0 bridgehead atoms. The average molecular weight is 634 g/mol. The lowest BCUT2D eigenvalue weighted by molar-refractivity contribution is -0.134. The summed E-state index contributed by atoms with van der Waals surface area (Å²) in [6.45, 7) is 5.48. The summed E-state index contributed by atoms with van der Waals surface area (Å²) >= 11 is 1.13. The molecule has 2 heterocycles. The van der Waals surface area contributed by atoms with Gasteiger partial charge in [0.05, 0.1) is 19.1 Å². The van der Waals surface area contributed by atoms with Crippen LogP contribution >= 0.6 is 11.3 Å². The number of aliphatic hydroxyl groups excluding tert-OH is 1. The zero-order valence-electron chi connectivity index (χ0n) is 25.2. The van der Waals surface area contributed by atoms with Gasteiger partial charge in [0.25, 0.3) is 10.0 Å². The van der Waals surface area contributed by atoms with Crippen LogP contribution in [0.15, 0.2) is 94.5 Å². The number of aliphatic hydroxyl groups is 1. The molecular weight excluding hydrogens is 595 g/mol. The Morgan fingerprint density at radius 1 is 1.05 bits per heavy atom. The molecule has 0 saturated heterocycles. The Labute approximate surface area is 264 Å². The first-order chi connectivity index (χ1) is 21.1. The SMILES string of the molecule is C[C@H](CO)N1C[C@H](C)[C@H](CN(C)Cc2ccc(-c3ccccc3)cc2)Oc2ccc(NS(=O)(=O)c3cccs3)cc2CC1=O. The summed E-state index contributed by atoms with van der Waals surface area (Å²) in [7, 11) is -1.70. The van der Waals surface area contributed by atoms with E-state index in [9.17, 15) is 18.3 Å². The van der Waals surface area contributed by atoms with Gasteiger partial charge in [-0.15, -0.1) is 11.3 Å². The fourth-order valence-electron chi connectivity index (χ4n) is 5.45. The molecule has 4 aromatic rings. The summed E-state index contributed by atoms with van der Waals surface area (Å²) in [5.41, 5.74) is 4.47. The van der Waals surface area contributed by atoms with Crippen LogP contribution in [-0.2, 0) is 27.8 Å². The van der Waals surface area contributed by atoms with Gasteiger partial charge in [0.2, 0.25) is 5.91 Å². The van der Waals surface area contributed by atoms with Gasteiger partial charge < -0.3 is 14.7 Å². The van der Waals surface area contributed by atoms with Crippen molar-refractivity contribution in [3.8, 4) is 16.9 Å². The van der Waals surface area contributed by atoms with Gasteiger partial charge in [-0.25, -0.2) is 8.42 Å². The molecule has 1 aromatic heterocycles. The quantitative estimate of drug-likeness (QED) is 0.240. The summed E-state index contributed by atoms with van der Waals surface area (Å²) < 4.78 is 35.2. The number of anilines is 1. The Hall–Kier alpha value is -3.70. The number of hydrogen-bond acceptors (Lipinski definition) is 7. The highest BCUT2D eigenvalue weighted by Crippen LogP contribution is 2.31. The molecule has 0 spiro atoms. The van der Waals surface area contributed by atoms with Gasteiger partial charge >= 0.3 is 0 Å². The average Bonchev–Trinajstić information content (AvgIpc) is 3.58. The fraction of sp³-hybridized carbons (Fsp3) is 0.324. The Morgan fingerprint density at radius 2 is 1.77 bits per heavy atom. The van der Waals surface area contributed by atoms with Crippen molar-refractivity contribution in [2.24, 2.45) is 5.92 Å². The molecule has 232 valence electrons. The monoisotopic (exact) mass is 633 g/mol.